The van der Waals surface area contributed by atoms with E-state index in [0.717, 1.165) is 0 Å². The topological polar surface area (TPSA) is 75.6 Å². The molecule has 17 heavy (non-hydrogen) atoms. The van der Waals surface area contributed by atoms with Crippen LogP contribution in [0.2, 0.25) is 5.02 Å². The number of aliphatic carboxylic acids is 1. The fraction of sp³-hybridized carbons (Fsp3) is 0.273. The minimum atomic E-state index is -1.11. The third-order valence-corrected chi connectivity index (χ3v) is 2.24. The number of carboxylic acids is 1. The normalized spacial score (nSPS) is 11.6. The van der Waals surface area contributed by atoms with Crippen molar-refractivity contribution in [3.8, 4) is 5.75 Å². The summed E-state index contributed by atoms with van der Waals surface area (Å²) >= 11 is 5.85. The van der Waals surface area contributed by atoms with Crippen molar-refractivity contribution in [2.75, 3.05) is 6.54 Å². The van der Waals surface area contributed by atoms with E-state index < -0.39 is 24.5 Å². The van der Waals surface area contributed by atoms with E-state index in [9.17, 15) is 9.59 Å². The molecule has 0 aliphatic heterocycles. The van der Waals surface area contributed by atoms with Gasteiger partial charge in [0.2, 0.25) is 0 Å². The minimum absolute atomic E-state index is 0.382. The third-order valence-electron chi connectivity index (χ3n) is 1.92. The molecule has 0 radical (unpaired) electrons. The van der Waals surface area contributed by atoms with E-state index in [1.54, 1.807) is 24.3 Å². The molecule has 1 aromatic carbocycles. The van der Waals surface area contributed by atoms with E-state index in [0.29, 0.717) is 10.8 Å². The van der Waals surface area contributed by atoms with Crippen LogP contribution in [0.4, 0.5) is 0 Å². The molecule has 1 atom stereocenters. The average Bonchev–Trinajstić information content (AvgIpc) is 2.28. The van der Waals surface area contributed by atoms with Crippen LogP contribution >= 0.6 is 11.6 Å². The maximum Gasteiger partial charge on any atom is 0.322 e. The second kappa shape index (κ2) is 6.10. The number of halogens is 1. The second-order valence-electron chi connectivity index (χ2n) is 3.30. The van der Waals surface area contributed by atoms with Gasteiger partial charge in [-0.2, -0.15) is 0 Å². The maximum absolute atomic E-state index is 11.4. The quantitative estimate of drug-likeness (QED) is 0.834. The van der Waals surface area contributed by atoms with Crippen molar-refractivity contribution < 1.29 is 19.4 Å². The van der Waals surface area contributed by atoms with Crippen LogP contribution in [-0.2, 0) is 9.59 Å². The van der Waals surface area contributed by atoms with E-state index >= 15 is 0 Å². The van der Waals surface area contributed by atoms with Crippen LogP contribution in [0.15, 0.2) is 24.3 Å². The van der Waals surface area contributed by atoms with Crippen molar-refractivity contribution in [3.63, 3.8) is 0 Å². The molecule has 0 spiro atoms. The van der Waals surface area contributed by atoms with Crippen LogP contribution in [0.25, 0.3) is 0 Å². The number of para-hydroxylation sites is 1. The predicted molar refractivity (Wildman–Crippen MR) is 62.2 cm³/mol. The molecule has 2 N–H and O–H groups in total. The van der Waals surface area contributed by atoms with Crippen molar-refractivity contribution in [3.05, 3.63) is 29.3 Å². The van der Waals surface area contributed by atoms with Crippen molar-refractivity contribution in [1.29, 1.82) is 0 Å². The van der Waals surface area contributed by atoms with Gasteiger partial charge in [0, 0.05) is 0 Å². The Morgan fingerprint density at radius 2 is 2.12 bits per heavy atom. The molecule has 1 rings (SSSR count). The number of hydrogen-bond donors (Lipinski definition) is 2. The first-order valence-electron chi connectivity index (χ1n) is 4.91. The molecular formula is C11H12ClNO4. The van der Waals surface area contributed by atoms with Gasteiger partial charge >= 0.3 is 5.97 Å². The Balaban J connectivity index is 2.54. The molecule has 1 amide bonds. The number of rotatable bonds is 5. The molecule has 6 heteroatoms. The summed E-state index contributed by atoms with van der Waals surface area (Å²) < 4.78 is 5.30. The lowest BCUT2D eigenvalue weighted by molar-refractivity contribution is -0.139. The second-order valence-corrected chi connectivity index (χ2v) is 3.71. The Labute approximate surface area is 103 Å². The number of carbonyl (C=O) groups excluding carboxylic acids is 1. The van der Waals surface area contributed by atoms with Gasteiger partial charge in [0.25, 0.3) is 5.91 Å². The Bertz CT molecular complexity index is 422. The van der Waals surface area contributed by atoms with Crippen LogP contribution in [0, 0.1) is 0 Å². The van der Waals surface area contributed by atoms with E-state index in [-0.39, 0.29) is 0 Å². The summed E-state index contributed by atoms with van der Waals surface area (Å²) in [6.45, 7) is 1.08. The maximum atomic E-state index is 11.4. The van der Waals surface area contributed by atoms with Crippen LogP contribution in [0.3, 0.4) is 0 Å². The summed E-state index contributed by atoms with van der Waals surface area (Å²) in [5.74, 6) is -1.23. The van der Waals surface area contributed by atoms with Crippen molar-refractivity contribution in [1.82, 2.24) is 5.32 Å². The molecule has 0 fully saturated rings. The van der Waals surface area contributed by atoms with Gasteiger partial charge in [-0.05, 0) is 19.1 Å². The lowest BCUT2D eigenvalue weighted by Crippen LogP contribution is -2.39. The predicted octanol–water partition coefficient (Wildman–Crippen LogP) is 1.31. The fourth-order valence-electron chi connectivity index (χ4n) is 1.09. The van der Waals surface area contributed by atoms with Crippen molar-refractivity contribution in [2.24, 2.45) is 0 Å². The number of carbonyl (C=O) groups is 2. The minimum Gasteiger partial charge on any atom is -0.480 e. The SMILES string of the molecule is CC(Oc1ccccc1Cl)C(=O)NCC(=O)O. The first-order chi connectivity index (χ1) is 8.00. The fourth-order valence-corrected chi connectivity index (χ4v) is 1.27. The number of hydrogen-bond acceptors (Lipinski definition) is 3. The first kappa shape index (κ1) is 13.3. The van der Waals surface area contributed by atoms with E-state index in [2.05, 4.69) is 5.32 Å². The zero-order chi connectivity index (χ0) is 12.8. The summed E-state index contributed by atoms with van der Waals surface area (Å²) in [6.07, 6.45) is -0.811. The molecule has 5 nitrogen and oxygen atoms in total. The molecule has 0 bridgehead atoms. The number of nitrogens with one attached hydrogen (secondary N) is 1. The lowest BCUT2D eigenvalue weighted by Gasteiger charge is -2.14. The van der Waals surface area contributed by atoms with Gasteiger partial charge in [-0.25, -0.2) is 0 Å². The zero-order valence-corrected chi connectivity index (χ0v) is 9.90. The zero-order valence-electron chi connectivity index (χ0n) is 9.14. The smallest absolute Gasteiger partial charge is 0.322 e. The Morgan fingerprint density at radius 1 is 1.47 bits per heavy atom. The van der Waals surface area contributed by atoms with Gasteiger partial charge in [-0.15, -0.1) is 0 Å². The molecule has 92 valence electrons. The average molecular weight is 258 g/mol. The molecule has 0 saturated carbocycles. The van der Waals surface area contributed by atoms with Crippen LogP contribution in [-0.4, -0.2) is 29.6 Å². The van der Waals surface area contributed by atoms with Crippen LogP contribution in [0.1, 0.15) is 6.92 Å². The molecule has 0 saturated heterocycles. The molecule has 0 aliphatic carbocycles. The molecule has 1 unspecified atom stereocenters. The highest BCUT2D eigenvalue weighted by molar-refractivity contribution is 6.32. The number of ether oxygens (including phenoxy) is 1. The largest absolute Gasteiger partial charge is 0.480 e. The van der Waals surface area contributed by atoms with Gasteiger partial charge in [0.1, 0.15) is 12.3 Å². The summed E-state index contributed by atoms with van der Waals surface area (Å²) in [4.78, 5) is 21.7. The van der Waals surface area contributed by atoms with Gasteiger partial charge in [0.05, 0.1) is 5.02 Å². The highest BCUT2D eigenvalue weighted by atomic mass is 35.5. The van der Waals surface area contributed by atoms with E-state index in [4.69, 9.17) is 21.4 Å². The lowest BCUT2D eigenvalue weighted by atomic mass is 10.3. The van der Waals surface area contributed by atoms with Crippen molar-refractivity contribution in [2.45, 2.75) is 13.0 Å². The van der Waals surface area contributed by atoms with Gasteiger partial charge < -0.3 is 15.2 Å². The third kappa shape index (κ3) is 4.32. The van der Waals surface area contributed by atoms with E-state index in [1.165, 1.54) is 6.92 Å². The number of benzene rings is 1. The summed E-state index contributed by atoms with van der Waals surface area (Å²) in [5.41, 5.74) is 0. The van der Waals surface area contributed by atoms with Gasteiger partial charge in [-0.1, -0.05) is 23.7 Å². The molecule has 0 heterocycles. The number of amides is 1. The van der Waals surface area contributed by atoms with Crippen LogP contribution in [0.5, 0.6) is 5.75 Å². The molecule has 0 aromatic heterocycles. The van der Waals surface area contributed by atoms with Gasteiger partial charge in [-0.3, -0.25) is 9.59 Å². The molecule has 0 aliphatic rings. The van der Waals surface area contributed by atoms with Crippen LogP contribution < -0.4 is 10.1 Å². The van der Waals surface area contributed by atoms with E-state index in [1.807, 2.05) is 0 Å². The summed E-state index contributed by atoms with van der Waals surface area (Å²) in [6, 6.07) is 6.73. The molecule has 1 aromatic rings. The van der Waals surface area contributed by atoms with Crippen molar-refractivity contribution >= 4 is 23.5 Å². The first-order valence-corrected chi connectivity index (χ1v) is 5.29. The summed E-state index contributed by atoms with van der Waals surface area (Å²) in [7, 11) is 0. The Morgan fingerprint density at radius 3 is 2.71 bits per heavy atom. The number of carboxylic acid groups (broad SMARTS) is 1. The highest BCUT2D eigenvalue weighted by Gasteiger charge is 2.16. The molecular weight excluding hydrogens is 246 g/mol. The Hall–Kier alpha value is -1.75. The summed E-state index contributed by atoms with van der Waals surface area (Å²) in [5, 5.41) is 11.0. The van der Waals surface area contributed by atoms with Gasteiger partial charge in [0.15, 0.2) is 6.10 Å². The standard InChI is InChI=1S/C11H12ClNO4/c1-7(11(16)13-6-10(14)15)17-9-5-3-2-4-8(9)12/h2-5,7H,6H2,1H3,(H,13,16)(H,14,15). The highest BCUT2D eigenvalue weighted by Crippen LogP contribution is 2.24. The monoisotopic (exact) mass is 257 g/mol. The Kier molecular flexibility index (Phi) is 4.78.